The molecular formula is C20H20F3N9O2. The van der Waals surface area contributed by atoms with E-state index in [1.54, 1.807) is 10.7 Å². The van der Waals surface area contributed by atoms with Crippen molar-refractivity contribution >= 4 is 40.3 Å². The summed E-state index contributed by atoms with van der Waals surface area (Å²) in [5, 5.41) is 10.0. The van der Waals surface area contributed by atoms with Crippen LogP contribution in [0.25, 0.3) is 11.2 Å². The number of halogens is 3. The first kappa shape index (κ1) is 22.8. The first-order valence-corrected chi connectivity index (χ1v) is 10.1. The number of rotatable bonds is 7. The van der Waals surface area contributed by atoms with Crippen LogP contribution in [0.2, 0.25) is 0 Å². The summed E-state index contributed by atoms with van der Waals surface area (Å²) >= 11 is 0. The molecule has 1 aromatic carbocycles. The van der Waals surface area contributed by atoms with Gasteiger partial charge in [-0.15, -0.1) is 13.2 Å². The van der Waals surface area contributed by atoms with Crippen LogP contribution in [0.4, 0.5) is 36.4 Å². The Bertz CT molecular complexity index is 1330. The Morgan fingerprint density at radius 3 is 2.62 bits per heavy atom. The SMILES string of the molecule is CCn1nc(C)cc1NC(=O)Cn1cnc2c(Nc3ccc(OC(F)(F)F)cc3)nc(N)nc21. The van der Waals surface area contributed by atoms with Crippen LogP contribution in [0.3, 0.4) is 0 Å². The van der Waals surface area contributed by atoms with Crippen LogP contribution in [0.5, 0.6) is 5.75 Å². The third kappa shape index (κ3) is 5.16. The predicted molar refractivity (Wildman–Crippen MR) is 117 cm³/mol. The Kier molecular flexibility index (Phi) is 5.96. The van der Waals surface area contributed by atoms with E-state index in [9.17, 15) is 18.0 Å². The molecule has 178 valence electrons. The van der Waals surface area contributed by atoms with Crippen molar-refractivity contribution in [1.29, 1.82) is 0 Å². The normalized spacial score (nSPS) is 11.6. The summed E-state index contributed by atoms with van der Waals surface area (Å²) in [6, 6.07) is 6.84. The fourth-order valence-corrected chi connectivity index (χ4v) is 3.26. The molecule has 3 heterocycles. The van der Waals surface area contributed by atoms with E-state index in [-0.39, 0.29) is 30.0 Å². The van der Waals surface area contributed by atoms with Crippen LogP contribution in [0.1, 0.15) is 12.6 Å². The summed E-state index contributed by atoms with van der Waals surface area (Å²) in [6.45, 7) is 4.25. The van der Waals surface area contributed by atoms with E-state index in [4.69, 9.17) is 5.73 Å². The minimum absolute atomic E-state index is 0.0751. The lowest BCUT2D eigenvalue weighted by Gasteiger charge is -2.11. The summed E-state index contributed by atoms with van der Waals surface area (Å²) in [7, 11) is 0. The van der Waals surface area contributed by atoms with Gasteiger partial charge < -0.3 is 25.7 Å². The fourth-order valence-electron chi connectivity index (χ4n) is 3.26. The number of nitrogens with zero attached hydrogens (tertiary/aromatic N) is 6. The van der Waals surface area contributed by atoms with Crippen LogP contribution < -0.4 is 21.1 Å². The summed E-state index contributed by atoms with van der Waals surface area (Å²) in [5.74, 6) is 0.0460. The van der Waals surface area contributed by atoms with Gasteiger partial charge in [0.15, 0.2) is 17.0 Å². The number of fused-ring (bicyclic) bond motifs is 1. The highest BCUT2D eigenvalue weighted by atomic mass is 19.4. The van der Waals surface area contributed by atoms with E-state index in [1.807, 2.05) is 13.8 Å². The molecule has 0 aliphatic rings. The lowest BCUT2D eigenvalue weighted by molar-refractivity contribution is -0.274. The zero-order chi connectivity index (χ0) is 24.5. The van der Waals surface area contributed by atoms with E-state index >= 15 is 0 Å². The number of carbonyl (C=O) groups excluding carboxylic acids is 1. The molecule has 1 amide bonds. The number of imidazole rings is 1. The van der Waals surface area contributed by atoms with E-state index in [0.29, 0.717) is 29.2 Å². The molecular weight excluding hydrogens is 455 g/mol. The van der Waals surface area contributed by atoms with E-state index < -0.39 is 6.36 Å². The number of carbonyl (C=O) groups is 1. The number of nitrogens with one attached hydrogen (secondary N) is 2. The van der Waals surface area contributed by atoms with Crippen molar-refractivity contribution in [3.8, 4) is 5.75 Å². The van der Waals surface area contributed by atoms with Gasteiger partial charge in [-0.25, -0.2) is 9.67 Å². The van der Waals surface area contributed by atoms with Gasteiger partial charge in [0.25, 0.3) is 0 Å². The van der Waals surface area contributed by atoms with Gasteiger partial charge in [0, 0.05) is 18.3 Å². The number of hydrogen-bond donors (Lipinski definition) is 3. The number of aromatic nitrogens is 6. The van der Waals surface area contributed by atoms with Crippen molar-refractivity contribution in [2.45, 2.75) is 33.3 Å². The quantitative estimate of drug-likeness (QED) is 0.371. The molecule has 4 aromatic rings. The zero-order valence-corrected chi connectivity index (χ0v) is 18.1. The minimum atomic E-state index is -4.78. The van der Waals surface area contributed by atoms with Gasteiger partial charge in [0.1, 0.15) is 18.1 Å². The number of amides is 1. The van der Waals surface area contributed by atoms with Gasteiger partial charge in [-0.2, -0.15) is 15.1 Å². The minimum Gasteiger partial charge on any atom is -0.406 e. The number of anilines is 4. The standard InChI is InChI=1S/C20H20F3N9O2/c1-3-32-14(8-11(2)30-32)27-15(33)9-31-10-25-16-17(28-19(24)29-18(16)31)26-12-4-6-13(7-5-12)34-20(21,22)23/h4-8,10H,3,9H2,1-2H3,(H,27,33)(H3,24,26,28,29). The third-order valence-corrected chi connectivity index (χ3v) is 4.61. The van der Waals surface area contributed by atoms with Gasteiger partial charge in [-0.1, -0.05) is 0 Å². The number of hydrogen-bond acceptors (Lipinski definition) is 8. The van der Waals surface area contributed by atoms with E-state index in [0.717, 1.165) is 17.8 Å². The molecule has 0 bridgehead atoms. The summed E-state index contributed by atoms with van der Waals surface area (Å²) < 4.78 is 44.1. The maximum absolute atomic E-state index is 12.6. The number of nitrogen functional groups attached to an aromatic ring is 1. The molecule has 0 spiro atoms. The van der Waals surface area contributed by atoms with Crippen molar-refractivity contribution in [3.63, 3.8) is 0 Å². The number of aryl methyl sites for hydroxylation is 2. The Balaban J connectivity index is 1.53. The predicted octanol–water partition coefficient (Wildman–Crippen LogP) is 3.21. The molecule has 0 aliphatic heterocycles. The van der Waals surface area contributed by atoms with Crippen LogP contribution in [0.15, 0.2) is 36.7 Å². The average Bonchev–Trinajstić information content (AvgIpc) is 3.31. The highest BCUT2D eigenvalue weighted by Crippen LogP contribution is 2.27. The third-order valence-electron chi connectivity index (χ3n) is 4.61. The molecule has 0 atom stereocenters. The van der Waals surface area contributed by atoms with E-state index in [2.05, 4.69) is 35.4 Å². The first-order valence-electron chi connectivity index (χ1n) is 10.1. The first-order chi connectivity index (χ1) is 16.1. The van der Waals surface area contributed by atoms with Crippen molar-refractivity contribution in [3.05, 3.63) is 42.4 Å². The number of alkyl halides is 3. The van der Waals surface area contributed by atoms with Gasteiger partial charge in [-0.05, 0) is 38.1 Å². The average molecular weight is 475 g/mol. The highest BCUT2D eigenvalue weighted by Gasteiger charge is 2.31. The molecule has 4 N–H and O–H groups in total. The lowest BCUT2D eigenvalue weighted by atomic mass is 10.3. The molecule has 0 saturated carbocycles. The van der Waals surface area contributed by atoms with E-state index in [1.165, 1.54) is 23.0 Å². The second kappa shape index (κ2) is 8.88. The smallest absolute Gasteiger partial charge is 0.406 e. The number of benzene rings is 1. The summed E-state index contributed by atoms with van der Waals surface area (Å²) in [5.41, 5.74) is 7.67. The Hall–Kier alpha value is -4.36. The molecule has 11 nitrogen and oxygen atoms in total. The van der Waals surface area contributed by atoms with Crippen LogP contribution in [-0.2, 0) is 17.9 Å². The van der Waals surface area contributed by atoms with Gasteiger partial charge >= 0.3 is 6.36 Å². The van der Waals surface area contributed by atoms with Crippen molar-refractivity contribution in [1.82, 2.24) is 29.3 Å². The second-order valence-corrected chi connectivity index (χ2v) is 7.21. The molecule has 3 aromatic heterocycles. The molecule has 4 rings (SSSR count). The fraction of sp³-hybridized carbons (Fsp3) is 0.250. The molecule has 0 radical (unpaired) electrons. The topological polar surface area (TPSA) is 138 Å². The Morgan fingerprint density at radius 1 is 1.21 bits per heavy atom. The van der Waals surface area contributed by atoms with Gasteiger partial charge in [0.2, 0.25) is 11.9 Å². The number of ether oxygens (including phenoxy) is 1. The van der Waals surface area contributed by atoms with Crippen molar-refractivity contribution in [2.75, 3.05) is 16.4 Å². The Morgan fingerprint density at radius 2 is 1.94 bits per heavy atom. The summed E-state index contributed by atoms with van der Waals surface area (Å²) in [4.78, 5) is 25.2. The van der Waals surface area contributed by atoms with Gasteiger partial charge in [0.05, 0.1) is 12.0 Å². The molecule has 0 saturated heterocycles. The van der Waals surface area contributed by atoms with Crippen molar-refractivity contribution < 1.29 is 22.7 Å². The largest absolute Gasteiger partial charge is 0.573 e. The zero-order valence-electron chi connectivity index (χ0n) is 18.1. The maximum atomic E-state index is 12.6. The Labute approximate surface area is 190 Å². The number of nitrogens with two attached hydrogens (primary N) is 1. The summed E-state index contributed by atoms with van der Waals surface area (Å²) in [6.07, 6.45) is -3.36. The van der Waals surface area contributed by atoms with Crippen LogP contribution >= 0.6 is 0 Å². The lowest BCUT2D eigenvalue weighted by Crippen LogP contribution is -2.20. The van der Waals surface area contributed by atoms with Crippen LogP contribution in [-0.4, -0.2) is 41.6 Å². The molecule has 0 fully saturated rings. The highest BCUT2D eigenvalue weighted by molar-refractivity contribution is 5.92. The monoisotopic (exact) mass is 475 g/mol. The van der Waals surface area contributed by atoms with Crippen molar-refractivity contribution in [2.24, 2.45) is 0 Å². The molecule has 0 unspecified atom stereocenters. The maximum Gasteiger partial charge on any atom is 0.573 e. The second-order valence-electron chi connectivity index (χ2n) is 7.21. The van der Waals surface area contributed by atoms with Crippen LogP contribution in [0, 0.1) is 6.92 Å². The molecule has 34 heavy (non-hydrogen) atoms. The molecule has 14 heteroatoms. The van der Waals surface area contributed by atoms with Gasteiger partial charge in [-0.3, -0.25) is 4.79 Å². The molecule has 0 aliphatic carbocycles.